The minimum absolute atomic E-state index is 0.308. The first-order valence-electron chi connectivity index (χ1n) is 4.97. The molecule has 1 N–H and O–H groups in total. The maximum absolute atomic E-state index is 13.5. The van der Waals surface area contributed by atoms with Crippen LogP contribution in [0.5, 0.6) is 0 Å². The van der Waals surface area contributed by atoms with Crippen molar-refractivity contribution in [1.29, 1.82) is 0 Å². The molecule has 0 amide bonds. The Morgan fingerprint density at radius 1 is 1.28 bits per heavy atom. The predicted octanol–water partition coefficient (Wildman–Crippen LogP) is 3.42. The van der Waals surface area contributed by atoms with Crippen LogP contribution < -0.4 is 0 Å². The molecule has 4 nitrogen and oxygen atoms in total. The van der Waals surface area contributed by atoms with Gasteiger partial charge in [0.2, 0.25) is 5.95 Å². The van der Waals surface area contributed by atoms with Crippen molar-refractivity contribution in [2.45, 2.75) is 0 Å². The summed E-state index contributed by atoms with van der Waals surface area (Å²) in [5.74, 6) is -0.522. The Morgan fingerprint density at radius 2 is 2.11 bits per heavy atom. The van der Waals surface area contributed by atoms with E-state index >= 15 is 0 Å². The molecule has 0 radical (unpaired) electrons. The fraction of sp³-hybridized carbons (Fsp3) is 0. The summed E-state index contributed by atoms with van der Waals surface area (Å²) in [5, 5.41) is 7.79. The van der Waals surface area contributed by atoms with Crippen molar-refractivity contribution in [1.82, 2.24) is 20.2 Å². The topological polar surface area (TPSA) is 54.5 Å². The summed E-state index contributed by atoms with van der Waals surface area (Å²) in [7, 11) is 0. The summed E-state index contributed by atoms with van der Waals surface area (Å²) in [6.07, 6.45) is 1.62. The van der Waals surface area contributed by atoms with E-state index in [0.29, 0.717) is 20.1 Å². The quantitative estimate of drug-likeness (QED) is 0.524. The van der Waals surface area contributed by atoms with Crippen molar-refractivity contribution in [3.63, 3.8) is 0 Å². The number of H-pyrrole nitrogens is 1. The number of pyridine rings is 2. The lowest BCUT2D eigenvalue weighted by atomic mass is 10.2. The number of aromatic amines is 1. The van der Waals surface area contributed by atoms with E-state index in [9.17, 15) is 4.39 Å². The highest BCUT2D eigenvalue weighted by molar-refractivity contribution is 14.1. The van der Waals surface area contributed by atoms with Gasteiger partial charge in [0.05, 0.1) is 21.0 Å². The van der Waals surface area contributed by atoms with E-state index in [1.54, 1.807) is 24.4 Å². The molecule has 0 bridgehead atoms. The summed E-state index contributed by atoms with van der Waals surface area (Å²) in [5.41, 5.74) is 1.69. The van der Waals surface area contributed by atoms with Gasteiger partial charge in [-0.1, -0.05) is 11.6 Å². The number of nitrogens with zero attached hydrogens (tertiary/aromatic N) is 3. The summed E-state index contributed by atoms with van der Waals surface area (Å²) >= 11 is 7.80. The van der Waals surface area contributed by atoms with Crippen LogP contribution in [-0.4, -0.2) is 20.2 Å². The molecule has 0 aliphatic rings. The van der Waals surface area contributed by atoms with Gasteiger partial charge < -0.3 is 0 Å². The molecule has 0 saturated heterocycles. The average Bonchev–Trinajstić information content (AvgIpc) is 2.79. The van der Waals surface area contributed by atoms with E-state index in [1.807, 2.05) is 22.6 Å². The fourth-order valence-electron chi connectivity index (χ4n) is 1.66. The molecular weight excluding hydrogens is 370 g/mol. The van der Waals surface area contributed by atoms with Gasteiger partial charge in [0.1, 0.15) is 10.8 Å². The fourth-order valence-corrected chi connectivity index (χ4v) is 2.15. The predicted molar refractivity (Wildman–Crippen MR) is 74.8 cm³/mol. The van der Waals surface area contributed by atoms with E-state index in [1.165, 1.54) is 0 Å². The molecule has 0 spiro atoms. The zero-order valence-electron chi connectivity index (χ0n) is 8.78. The Kier molecular flexibility index (Phi) is 2.90. The Hall–Kier alpha value is -1.28. The molecule has 0 aromatic carbocycles. The zero-order chi connectivity index (χ0) is 12.7. The molecule has 0 fully saturated rings. The van der Waals surface area contributed by atoms with Crippen molar-refractivity contribution in [3.05, 3.63) is 39.1 Å². The molecule has 18 heavy (non-hydrogen) atoms. The van der Waals surface area contributed by atoms with Gasteiger partial charge in [0.25, 0.3) is 0 Å². The first-order chi connectivity index (χ1) is 8.65. The maximum Gasteiger partial charge on any atom is 0.226 e. The van der Waals surface area contributed by atoms with Crippen LogP contribution in [0, 0.1) is 9.52 Å². The van der Waals surface area contributed by atoms with Gasteiger partial charge >= 0.3 is 0 Å². The molecule has 90 valence electrons. The summed E-state index contributed by atoms with van der Waals surface area (Å²) in [6, 6.07) is 5.01. The van der Waals surface area contributed by atoms with Crippen LogP contribution in [0.15, 0.2) is 24.4 Å². The van der Waals surface area contributed by atoms with Gasteiger partial charge in [-0.05, 0) is 34.7 Å². The van der Waals surface area contributed by atoms with Crippen molar-refractivity contribution in [3.8, 4) is 11.4 Å². The number of nitrogens with one attached hydrogen (secondary N) is 1. The molecule has 3 aromatic rings. The van der Waals surface area contributed by atoms with Crippen LogP contribution in [-0.2, 0) is 0 Å². The maximum atomic E-state index is 13.5. The minimum Gasteiger partial charge on any atom is -0.278 e. The normalized spacial score (nSPS) is 11.1. The number of rotatable bonds is 1. The highest BCUT2D eigenvalue weighted by Gasteiger charge is 2.12. The van der Waals surface area contributed by atoms with Crippen molar-refractivity contribution >= 4 is 45.1 Å². The third-order valence-corrected chi connectivity index (χ3v) is 3.45. The number of hydrogen-bond donors (Lipinski definition) is 1. The minimum atomic E-state index is -0.522. The largest absolute Gasteiger partial charge is 0.278 e. The molecule has 7 heteroatoms. The molecule has 0 aliphatic carbocycles. The number of hydrogen-bond acceptors (Lipinski definition) is 3. The second-order valence-corrected chi connectivity index (χ2v) is 5.14. The van der Waals surface area contributed by atoms with Gasteiger partial charge in [-0.25, -0.2) is 9.97 Å². The number of aromatic nitrogens is 4. The Bertz CT molecular complexity index is 743. The molecule has 3 heterocycles. The average molecular weight is 375 g/mol. The van der Waals surface area contributed by atoms with E-state index in [2.05, 4.69) is 20.2 Å². The monoisotopic (exact) mass is 374 g/mol. The van der Waals surface area contributed by atoms with Crippen molar-refractivity contribution in [2.24, 2.45) is 0 Å². The molecule has 0 atom stereocenters. The SMILES string of the molecule is Fc1nc(-c2nc(Cl)cc3[nH]ncc23)ccc1I. The molecule has 3 aromatic heterocycles. The van der Waals surface area contributed by atoms with Gasteiger partial charge in [-0.2, -0.15) is 9.49 Å². The van der Waals surface area contributed by atoms with Gasteiger partial charge in [0.15, 0.2) is 0 Å². The van der Waals surface area contributed by atoms with E-state index in [4.69, 9.17) is 11.6 Å². The number of fused-ring (bicyclic) bond motifs is 1. The van der Waals surface area contributed by atoms with E-state index < -0.39 is 5.95 Å². The lowest BCUT2D eigenvalue weighted by Gasteiger charge is -2.03. The van der Waals surface area contributed by atoms with Crippen LogP contribution in [0.3, 0.4) is 0 Å². The first kappa shape index (κ1) is 11.8. The molecule has 0 unspecified atom stereocenters. The standard InChI is InChI=1S/C11H5ClFIN4/c12-9-3-8-5(4-15-18-8)10(17-9)7-2-1-6(14)11(13)16-7/h1-4H,(H,15,18). The van der Waals surface area contributed by atoms with E-state index in [0.717, 1.165) is 10.9 Å². The Balaban J connectivity index is 2.30. The lowest BCUT2D eigenvalue weighted by molar-refractivity contribution is 0.577. The third-order valence-electron chi connectivity index (χ3n) is 2.45. The lowest BCUT2D eigenvalue weighted by Crippen LogP contribution is -1.94. The van der Waals surface area contributed by atoms with Gasteiger partial charge in [-0.3, -0.25) is 5.10 Å². The van der Waals surface area contributed by atoms with Gasteiger partial charge in [-0.15, -0.1) is 0 Å². The second kappa shape index (κ2) is 4.43. The molecule has 0 aliphatic heterocycles. The molecule has 0 saturated carbocycles. The number of halogens is 3. The van der Waals surface area contributed by atoms with Crippen LogP contribution in [0.2, 0.25) is 5.15 Å². The van der Waals surface area contributed by atoms with Crippen LogP contribution in [0.4, 0.5) is 4.39 Å². The Labute approximate surface area is 120 Å². The first-order valence-corrected chi connectivity index (χ1v) is 6.43. The summed E-state index contributed by atoms with van der Waals surface area (Å²) in [4.78, 5) is 8.07. The van der Waals surface area contributed by atoms with E-state index in [-0.39, 0.29) is 0 Å². The Morgan fingerprint density at radius 3 is 2.89 bits per heavy atom. The van der Waals surface area contributed by atoms with Crippen LogP contribution >= 0.6 is 34.2 Å². The van der Waals surface area contributed by atoms with Crippen molar-refractivity contribution < 1.29 is 4.39 Å². The van der Waals surface area contributed by atoms with Crippen LogP contribution in [0.25, 0.3) is 22.3 Å². The summed E-state index contributed by atoms with van der Waals surface area (Å²) in [6.45, 7) is 0. The zero-order valence-corrected chi connectivity index (χ0v) is 11.7. The summed E-state index contributed by atoms with van der Waals surface area (Å²) < 4.78 is 13.9. The van der Waals surface area contributed by atoms with Gasteiger partial charge in [0, 0.05) is 11.5 Å². The molecule has 3 rings (SSSR count). The van der Waals surface area contributed by atoms with Crippen LogP contribution in [0.1, 0.15) is 0 Å². The highest BCUT2D eigenvalue weighted by Crippen LogP contribution is 2.27. The second-order valence-electron chi connectivity index (χ2n) is 3.59. The smallest absolute Gasteiger partial charge is 0.226 e. The molecular formula is C11H5ClFIN4. The highest BCUT2D eigenvalue weighted by atomic mass is 127. The third kappa shape index (κ3) is 1.95. The van der Waals surface area contributed by atoms with Crippen molar-refractivity contribution in [2.75, 3.05) is 0 Å².